The zero-order valence-electron chi connectivity index (χ0n) is 16.0. The van der Waals surface area contributed by atoms with E-state index in [0.717, 1.165) is 18.4 Å². The van der Waals surface area contributed by atoms with Crippen molar-refractivity contribution in [3.05, 3.63) is 53.5 Å². The van der Waals surface area contributed by atoms with E-state index in [9.17, 15) is 14.4 Å². The summed E-state index contributed by atoms with van der Waals surface area (Å²) in [6.07, 6.45) is 3.05. The minimum atomic E-state index is -0.366. The van der Waals surface area contributed by atoms with Crippen molar-refractivity contribution in [1.29, 1.82) is 0 Å². The summed E-state index contributed by atoms with van der Waals surface area (Å²) < 4.78 is 5.17. The summed E-state index contributed by atoms with van der Waals surface area (Å²) in [5.74, 6) is -0.0967. The number of nitrogens with one attached hydrogen (secondary N) is 3. The maximum Gasteiger partial charge on any atom is 0.319 e. The highest BCUT2D eigenvalue weighted by atomic mass is 16.3. The van der Waals surface area contributed by atoms with Crippen LogP contribution in [-0.4, -0.2) is 48.9 Å². The van der Waals surface area contributed by atoms with E-state index in [2.05, 4.69) is 16.0 Å². The van der Waals surface area contributed by atoms with Gasteiger partial charge in [0.05, 0.1) is 6.26 Å². The fraction of sp³-hybridized carbons (Fsp3) is 0.350. The molecule has 0 saturated carbocycles. The lowest BCUT2D eigenvalue weighted by molar-refractivity contribution is 0.0666. The maximum absolute atomic E-state index is 12.4. The Hall–Kier alpha value is -3.29. The van der Waals surface area contributed by atoms with E-state index in [4.69, 9.17) is 4.42 Å². The van der Waals surface area contributed by atoms with Gasteiger partial charge in [0.1, 0.15) is 0 Å². The highest BCUT2D eigenvalue weighted by Crippen LogP contribution is 2.18. The number of furan rings is 1. The van der Waals surface area contributed by atoms with Gasteiger partial charge in [0, 0.05) is 37.4 Å². The van der Waals surface area contributed by atoms with Crippen LogP contribution in [0.4, 0.5) is 10.5 Å². The molecule has 1 aromatic carbocycles. The second-order valence-corrected chi connectivity index (χ2v) is 6.77. The molecule has 148 valence electrons. The Balaban J connectivity index is 1.60. The highest BCUT2D eigenvalue weighted by molar-refractivity contribution is 5.97. The number of likely N-dealkylation sites (tertiary alicyclic amines) is 1. The van der Waals surface area contributed by atoms with Crippen LogP contribution < -0.4 is 16.0 Å². The predicted molar refractivity (Wildman–Crippen MR) is 104 cm³/mol. The number of carbonyl (C=O) groups is 3. The Morgan fingerprint density at radius 3 is 2.75 bits per heavy atom. The van der Waals surface area contributed by atoms with Gasteiger partial charge in [-0.3, -0.25) is 9.59 Å². The van der Waals surface area contributed by atoms with E-state index in [1.807, 2.05) is 6.92 Å². The van der Waals surface area contributed by atoms with E-state index in [1.165, 1.54) is 6.26 Å². The number of hydrogen-bond acceptors (Lipinski definition) is 4. The average Bonchev–Trinajstić information content (AvgIpc) is 3.23. The molecular weight excluding hydrogens is 360 g/mol. The number of amides is 4. The molecule has 0 bridgehead atoms. The van der Waals surface area contributed by atoms with Crippen LogP contribution in [0.2, 0.25) is 0 Å². The summed E-state index contributed by atoms with van der Waals surface area (Å²) in [7, 11) is 1.56. The molecule has 3 N–H and O–H groups in total. The third-order valence-corrected chi connectivity index (χ3v) is 4.75. The second kappa shape index (κ2) is 8.60. The van der Waals surface area contributed by atoms with Crippen LogP contribution >= 0.6 is 0 Å². The molecule has 1 fully saturated rings. The fourth-order valence-electron chi connectivity index (χ4n) is 3.22. The first kappa shape index (κ1) is 19.5. The van der Waals surface area contributed by atoms with E-state index >= 15 is 0 Å². The Bertz CT molecular complexity index is 863. The first-order chi connectivity index (χ1) is 13.5. The standard InChI is InChI=1S/C20H24N4O4/c1-13-7-8-14(18(25)21-2)11-16(13)23-20(27)22-15-5-3-9-24(12-15)19(26)17-6-4-10-28-17/h4,6-8,10-11,15H,3,5,9,12H2,1-2H3,(H,21,25)(H2,22,23,27)/t15-/m1/s1. The fourth-order valence-corrected chi connectivity index (χ4v) is 3.22. The van der Waals surface area contributed by atoms with Gasteiger partial charge in [-0.25, -0.2) is 4.79 Å². The minimum Gasteiger partial charge on any atom is -0.459 e. The van der Waals surface area contributed by atoms with Crippen molar-refractivity contribution in [3.63, 3.8) is 0 Å². The van der Waals surface area contributed by atoms with Crippen molar-refractivity contribution >= 4 is 23.5 Å². The zero-order valence-corrected chi connectivity index (χ0v) is 16.0. The lowest BCUT2D eigenvalue weighted by Crippen LogP contribution is -2.50. The van der Waals surface area contributed by atoms with Gasteiger partial charge in [-0.1, -0.05) is 6.07 Å². The molecule has 2 heterocycles. The lowest BCUT2D eigenvalue weighted by atomic mass is 10.1. The first-order valence-electron chi connectivity index (χ1n) is 9.21. The van der Waals surface area contributed by atoms with Gasteiger partial charge in [-0.15, -0.1) is 0 Å². The molecule has 0 aliphatic carbocycles. The van der Waals surface area contributed by atoms with Crippen LogP contribution in [0.15, 0.2) is 41.0 Å². The lowest BCUT2D eigenvalue weighted by Gasteiger charge is -2.32. The van der Waals surface area contributed by atoms with Gasteiger partial charge in [-0.2, -0.15) is 0 Å². The summed E-state index contributed by atoms with van der Waals surface area (Å²) in [6, 6.07) is 7.91. The van der Waals surface area contributed by atoms with Gasteiger partial charge in [0.25, 0.3) is 11.8 Å². The number of hydrogen-bond donors (Lipinski definition) is 3. The molecular formula is C20H24N4O4. The SMILES string of the molecule is CNC(=O)c1ccc(C)c(NC(=O)N[C@@H]2CCCN(C(=O)c3ccco3)C2)c1. The molecule has 0 unspecified atom stereocenters. The molecule has 28 heavy (non-hydrogen) atoms. The van der Waals surface area contributed by atoms with E-state index < -0.39 is 0 Å². The van der Waals surface area contributed by atoms with Crippen LogP contribution in [0.25, 0.3) is 0 Å². The molecule has 0 radical (unpaired) electrons. The Morgan fingerprint density at radius 2 is 2.04 bits per heavy atom. The zero-order chi connectivity index (χ0) is 20.1. The smallest absolute Gasteiger partial charge is 0.319 e. The van der Waals surface area contributed by atoms with Crippen molar-refractivity contribution in [1.82, 2.24) is 15.5 Å². The number of piperidine rings is 1. The Labute approximate surface area is 163 Å². The van der Waals surface area contributed by atoms with Crippen molar-refractivity contribution in [2.24, 2.45) is 0 Å². The van der Waals surface area contributed by atoms with Crippen LogP contribution in [0, 0.1) is 6.92 Å². The summed E-state index contributed by atoms with van der Waals surface area (Å²) in [6.45, 7) is 2.91. The third-order valence-electron chi connectivity index (χ3n) is 4.75. The average molecular weight is 384 g/mol. The molecule has 8 heteroatoms. The molecule has 1 aliphatic heterocycles. The molecule has 2 aromatic rings. The van der Waals surface area contributed by atoms with Gasteiger partial charge in [0.15, 0.2) is 5.76 Å². The number of urea groups is 1. The monoisotopic (exact) mass is 384 g/mol. The molecule has 1 aromatic heterocycles. The molecule has 1 saturated heterocycles. The van der Waals surface area contributed by atoms with Crippen LogP contribution in [0.5, 0.6) is 0 Å². The number of rotatable bonds is 4. The summed E-state index contributed by atoms with van der Waals surface area (Å²) in [5, 5.41) is 8.27. The van der Waals surface area contributed by atoms with Crippen molar-refractivity contribution in [2.45, 2.75) is 25.8 Å². The third kappa shape index (κ3) is 4.51. The molecule has 1 atom stereocenters. The number of carbonyl (C=O) groups excluding carboxylic acids is 3. The van der Waals surface area contributed by atoms with E-state index in [0.29, 0.717) is 30.1 Å². The molecule has 3 rings (SSSR count). The van der Waals surface area contributed by atoms with E-state index in [1.54, 1.807) is 42.3 Å². The molecule has 1 aliphatic rings. The number of benzene rings is 1. The quantitative estimate of drug-likeness (QED) is 0.753. The van der Waals surface area contributed by atoms with Crippen LogP contribution in [-0.2, 0) is 0 Å². The van der Waals surface area contributed by atoms with Gasteiger partial charge in [-0.05, 0) is 49.6 Å². The molecule has 4 amide bonds. The topological polar surface area (TPSA) is 104 Å². The summed E-state index contributed by atoms with van der Waals surface area (Å²) in [4.78, 5) is 38.3. The van der Waals surface area contributed by atoms with E-state index in [-0.39, 0.29) is 23.9 Å². The maximum atomic E-state index is 12.4. The molecule has 8 nitrogen and oxygen atoms in total. The van der Waals surface area contributed by atoms with Gasteiger partial charge < -0.3 is 25.3 Å². The minimum absolute atomic E-state index is 0.157. The predicted octanol–water partition coefficient (Wildman–Crippen LogP) is 2.37. The number of nitrogens with zero attached hydrogens (tertiary/aromatic N) is 1. The largest absolute Gasteiger partial charge is 0.459 e. The highest BCUT2D eigenvalue weighted by Gasteiger charge is 2.26. The first-order valence-corrected chi connectivity index (χ1v) is 9.21. The van der Waals surface area contributed by atoms with Crippen molar-refractivity contribution in [3.8, 4) is 0 Å². The van der Waals surface area contributed by atoms with Crippen LogP contribution in [0.3, 0.4) is 0 Å². The summed E-state index contributed by atoms with van der Waals surface area (Å²) >= 11 is 0. The summed E-state index contributed by atoms with van der Waals surface area (Å²) in [5.41, 5.74) is 1.88. The second-order valence-electron chi connectivity index (χ2n) is 6.77. The Morgan fingerprint density at radius 1 is 1.21 bits per heavy atom. The van der Waals surface area contributed by atoms with Crippen molar-refractivity contribution in [2.75, 3.05) is 25.5 Å². The van der Waals surface area contributed by atoms with Crippen molar-refractivity contribution < 1.29 is 18.8 Å². The van der Waals surface area contributed by atoms with Gasteiger partial charge in [0.2, 0.25) is 0 Å². The number of aryl methyl sites for hydroxylation is 1. The van der Waals surface area contributed by atoms with Gasteiger partial charge >= 0.3 is 6.03 Å². The molecule has 0 spiro atoms. The normalized spacial score (nSPS) is 16.4. The number of anilines is 1. The Kier molecular flexibility index (Phi) is 5.98. The van der Waals surface area contributed by atoms with Crippen LogP contribution in [0.1, 0.15) is 39.3 Å².